The lowest BCUT2D eigenvalue weighted by Gasteiger charge is -2.05. The number of aromatic carboxylic acids is 1. The second kappa shape index (κ2) is 6.55. The predicted octanol–water partition coefficient (Wildman–Crippen LogP) is 3.59. The molecule has 3 aromatic rings. The Morgan fingerprint density at radius 2 is 1.88 bits per heavy atom. The summed E-state index contributed by atoms with van der Waals surface area (Å²) in [7, 11) is 0. The molecule has 0 spiro atoms. The first kappa shape index (κ1) is 15.8. The summed E-state index contributed by atoms with van der Waals surface area (Å²) >= 11 is 6.24. The molecule has 0 radical (unpaired) electrons. The van der Waals surface area contributed by atoms with Gasteiger partial charge in [0, 0.05) is 5.39 Å². The van der Waals surface area contributed by atoms with Crippen molar-refractivity contribution in [3.05, 3.63) is 75.1 Å². The molecule has 0 unspecified atom stereocenters. The second-order valence-electron chi connectivity index (χ2n) is 4.83. The van der Waals surface area contributed by atoms with Crippen LogP contribution >= 0.6 is 11.6 Å². The van der Waals surface area contributed by atoms with Crippen LogP contribution < -0.4 is 11.1 Å². The minimum atomic E-state index is -1.09. The van der Waals surface area contributed by atoms with Crippen LogP contribution in [0.15, 0.2) is 62.8 Å². The van der Waals surface area contributed by atoms with Crippen molar-refractivity contribution < 1.29 is 14.3 Å². The Hall–Kier alpha value is -3.12. The number of carboxylic acid groups (broad SMARTS) is 1. The van der Waals surface area contributed by atoms with Crippen LogP contribution in [0.3, 0.4) is 0 Å². The van der Waals surface area contributed by atoms with Gasteiger partial charge in [0.05, 0.1) is 28.1 Å². The number of rotatable bonds is 4. The van der Waals surface area contributed by atoms with Crippen molar-refractivity contribution in [1.29, 1.82) is 0 Å². The first-order valence-electron chi connectivity index (χ1n) is 6.90. The van der Waals surface area contributed by atoms with Crippen LogP contribution in [0.25, 0.3) is 11.0 Å². The third-order valence-electron chi connectivity index (χ3n) is 3.32. The van der Waals surface area contributed by atoms with Crippen molar-refractivity contribution in [3.8, 4) is 0 Å². The third kappa shape index (κ3) is 3.00. The molecule has 3 rings (SSSR count). The van der Waals surface area contributed by atoms with E-state index in [9.17, 15) is 9.59 Å². The number of hydrazone groups is 1. The van der Waals surface area contributed by atoms with E-state index >= 15 is 0 Å². The maximum Gasteiger partial charge on any atom is 0.346 e. The highest BCUT2D eigenvalue weighted by atomic mass is 35.5. The summed E-state index contributed by atoms with van der Waals surface area (Å²) in [5.41, 5.74) is 2.78. The Morgan fingerprint density at radius 1 is 1.17 bits per heavy atom. The van der Waals surface area contributed by atoms with E-state index in [1.807, 2.05) is 0 Å². The van der Waals surface area contributed by atoms with Gasteiger partial charge >= 0.3 is 11.6 Å². The van der Waals surface area contributed by atoms with Crippen molar-refractivity contribution in [2.45, 2.75) is 0 Å². The highest BCUT2D eigenvalue weighted by Gasteiger charge is 2.11. The lowest BCUT2D eigenvalue weighted by atomic mass is 10.2. The maximum absolute atomic E-state index is 12.0. The minimum absolute atomic E-state index is 0.0614. The number of anilines is 1. The van der Waals surface area contributed by atoms with Gasteiger partial charge in [-0.15, -0.1) is 0 Å². The lowest BCUT2D eigenvalue weighted by molar-refractivity contribution is 0.0698. The highest BCUT2D eigenvalue weighted by Crippen LogP contribution is 2.23. The number of carboxylic acids is 1. The SMILES string of the molecule is O=C(O)c1ccccc1N/N=C/c1c(Cl)c2ccccc2oc1=O. The van der Waals surface area contributed by atoms with Gasteiger partial charge in [-0.2, -0.15) is 5.10 Å². The van der Waals surface area contributed by atoms with E-state index in [-0.39, 0.29) is 16.1 Å². The van der Waals surface area contributed by atoms with Crippen LogP contribution in [0.2, 0.25) is 5.02 Å². The molecule has 120 valence electrons. The molecule has 0 aliphatic carbocycles. The van der Waals surface area contributed by atoms with E-state index in [2.05, 4.69) is 10.5 Å². The molecule has 2 N–H and O–H groups in total. The smallest absolute Gasteiger partial charge is 0.346 e. The molecule has 7 heteroatoms. The van der Waals surface area contributed by atoms with Gasteiger partial charge in [-0.05, 0) is 24.3 Å². The summed E-state index contributed by atoms with van der Waals surface area (Å²) in [4.78, 5) is 23.1. The van der Waals surface area contributed by atoms with Crippen LogP contribution in [0.1, 0.15) is 15.9 Å². The Labute approximate surface area is 141 Å². The molecule has 0 amide bonds. The van der Waals surface area contributed by atoms with Crippen LogP contribution in [-0.4, -0.2) is 17.3 Å². The number of hydrogen-bond acceptors (Lipinski definition) is 5. The summed E-state index contributed by atoms with van der Waals surface area (Å²) in [6.07, 6.45) is 1.21. The lowest BCUT2D eigenvalue weighted by Crippen LogP contribution is -2.09. The second-order valence-corrected chi connectivity index (χ2v) is 5.21. The number of nitrogens with one attached hydrogen (secondary N) is 1. The van der Waals surface area contributed by atoms with Crippen molar-refractivity contribution in [1.82, 2.24) is 0 Å². The number of benzene rings is 2. The van der Waals surface area contributed by atoms with Gasteiger partial charge in [0.1, 0.15) is 5.58 Å². The standard InChI is InChI=1S/C17H11ClN2O4/c18-15-11-6-2-4-8-14(11)24-17(23)12(15)9-19-20-13-7-3-1-5-10(13)16(21)22/h1-9,20H,(H,21,22)/b19-9+. The number of halogens is 1. The zero-order chi connectivity index (χ0) is 17.1. The van der Waals surface area contributed by atoms with E-state index in [1.165, 1.54) is 12.3 Å². The van der Waals surface area contributed by atoms with Gasteiger partial charge in [-0.25, -0.2) is 9.59 Å². The van der Waals surface area contributed by atoms with Crippen LogP contribution in [0.5, 0.6) is 0 Å². The molecule has 0 aliphatic rings. The molecule has 1 heterocycles. The fraction of sp³-hybridized carbons (Fsp3) is 0. The van der Waals surface area contributed by atoms with Gasteiger partial charge in [0.15, 0.2) is 0 Å². The van der Waals surface area contributed by atoms with Gasteiger partial charge in [-0.3, -0.25) is 5.43 Å². The summed E-state index contributed by atoms with van der Waals surface area (Å²) in [5.74, 6) is -1.09. The molecular formula is C17H11ClN2O4. The van der Waals surface area contributed by atoms with E-state index < -0.39 is 11.6 Å². The third-order valence-corrected chi connectivity index (χ3v) is 3.73. The molecular weight excluding hydrogens is 332 g/mol. The first-order chi connectivity index (χ1) is 11.6. The summed E-state index contributed by atoms with van der Waals surface area (Å²) in [5, 5.41) is 13.8. The monoisotopic (exact) mass is 342 g/mol. The van der Waals surface area contributed by atoms with Crippen molar-refractivity contribution in [3.63, 3.8) is 0 Å². The average Bonchev–Trinajstić information content (AvgIpc) is 2.58. The van der Waals surface area contributed by atoms with Crippen LogP contribution in [0.4, 0.5) is 5.69 Å². The predicted molar refractivity (Wildman–Crippen MR) is 92.1 cm³/mol. The number of fused-ring (bicyclic) bond motifs is 1. The maximum atomic E-state index is 12.0. The Kier molecular flexibility index (Phi) is 4.31. The summed E-state index contributed by atoms with van der Waals surface area (Å²) in [6.45, 7) is 0. The van der Waals surface area contributed by atoms with Gasteiger partial charge < -0.3 is 9.52 Å². The quantitative estimate of drug-likeness (QED) is 0.429. The van der Waals surface area contributed by atoms with Crippen molar-refractivity contribution >= 4 is 40.4 Å². The van der Waals surface area contributed by atoms with E-state index in [0.717, 1.165) is 0 Å². The molecule has 0 aliphatic heterocycles. The number of para-hydroxylation sites is 2. The normalized spacial score (nSPS) is 11.0. The minimum Gasteiger partial charge on any atom is -0.478 e. The molecule has 0 saturated heterocycles. The van der Waals surface area contributed by atoms with Crippen LogP contribution in [-0.2, 0) is 0 Å². The largest absolute Gasteiger partial charge is 0.478 e. The van der Waals surface area contributed by atoms with E-state index in [0.29, 0.717) is 16.7 Å². The molecule has 0 bridgehead atoms. The Morgan fingerprint density at radius 3 is 2.67 bits per heavy atom. The summed E-state index contributed by atoms with van der Waals surface area (Å²) in [6, 6.07) is 13.2. The fourth-order valence-corrected chi connectivity index (χ4v) is 2.45. The Balaban J connectivity index is 1.95. The number of nitrogens with zero attached hydrogens (tertiary/aromatic N) is 1. The number of hydrogen-bond donors (Lipinski definition) is 2. The molecule has 0 saturated carbocycles. The number of carbonyl (C=O) groups is 1. The van der Waals surface area contributed by atoms with E-state index in [1.54, 1.807) is 42.5 Å². The van der Waals surface area contributed by atoms with Gasteiger partial charge in [-0.1, -0.05) is 35.9 Å². The zero-order valence-electron chi connectivity index (χ0n) is 12.2. The Bertz CT molecular complexity index is 1010. The molecule has 2 aromatic carbocycles. The molecule has 6 nitrogen and oxygen atoms in total. The van der Waals surface area contributed by atoms with E-state index in [4.69, 9.17) is 21.1 Å². The highest BCUT2D eigenvalue weighted by molar-refractivity contribution is 6.37. The zero-order valence-corrected chi connectivity index (χ0v) is 12.9. The van der Waals surface area contributed by atoms with Crippen LogP contribution in [0, 0.1) is 0 Å². The van der Waals surface area contributed by atoms with Crippen molar-refractivity contribution in [2.75, 3.05) is 5.43 Å². The topological polar surface area (TPSA) is 91.9 Å². The first-order valence-corrected chi connectivity index (χ1v) is 7.28. The molecule has 0 fully saturated rings. The summed E-state index contributed by atoms with van der Waals surface area (Å²) < 4.78 is 5.19. The fourth-order valence-electron chi connectivity index (χ4n) is 2.17. The average molecular weight is 343 g/mol. The van der Waals surface area contributed by atoms with Crippen molar-refractivity contribution in [2.24, 2.45) is 5.10 Å². The molecule has 1 aromatic heterocycles. The molecule has 0 atom stereocenters. The van der Waals surface area contributed by atoms with Gasteiger partial charge in [0.2, 0.25) is 0 Å². The molecule has 24 heavy (non-hydrogen) atoms. The van der Waals surface area contributed by atoms with Gasteiger partial charge in [0.25, 0.3) is 0 Å².